The summed E-state index contributed by atoms with van der Waals surface area (Å²) in [6.45, 7) is 4.45. The van der Waals surface area contributed by atoms with E-state index in [-0.39, 0.29) is 12.2 Å². The molecule has 0 spiro atoms. The number of benzene rings is 1. The number of piperidine rings is 1. The van der Waals surface area contributed by atoms with E-state index in [9.17, 15) is 18.3 Å². The number of hydrogen-bond donors (Lipinski definition) is 2. The summed E-state index contributed by atoms with van der Waals surface area (Å²) in [5, 5.41) is 28.6. The Labute approximate surface area is 165 Å². The first kappa shape index (κ1) is 20.9. The molecule has 1 aromatic carbocycles. The number of aliphatic hydroxyl groups is 1. The van der Waals surface area contributed by atoms with Crippen molar-refractivity contribution in [1.29, 1.82) is 0 Å². The molecule has 1 fully saturated rings. The second kappa shape index (κ2) is 8.67. The van der Waals surface area contributed by atoms with Crippen molar-refractivity contribution in [3.63, 3.8) is 0 Å². The number of rotatable bonds is 5. The van der Waals surface area contributed by atoms with Crippen LogP contribution < -0.4 is 0 Å². The minimum Gasteiger partial charge on any atom is -0.507 e. The molecule has 3 rings (SSSR count). The Hall–Kier alpha value is -1.84. The fourth-order valence-electron chi connectivity index (χ4n) is 3.32. The summed E-state index contributed by atoms with van der Waals surface area (Å²) in [5.41, 5.74) is 0.411. The fraction of sp³-hybridized carbons (Fsp3) is 0.474. The quantitative estimate of drug-likeness (QED) is 0.779. The number of likely N-dealkylation sites (tertiary alicyclic amines) is 1. The van der Waals surface area contributed by atoms with Gasteiger partial charge in [-0.1, -0.05) is 11.8 Å². The lowest BCUT2D eigenvalue weighted by Crippen LogP contribution is -2.38. The highest BCUT2D eigenvalue weighted by Crippen LogP contribution is 2.37. The molecule has 0 saturated carbocycles. The second-order valence-corrected chi connectivity index (χ2v) is 8.17. The van der Waals surface area contributed by atoms with Gasteiger partial charge in [0.1, 0.15) is 10.8 Å². The maximum Gasteiger partial charge on any atom is 0.416 e. The first-order valence-corrected chi connectivity index (χ1v) is 9.90. The van der Waals surface area contributed by atoms with Crippen LogP contribution in [0.3, 0.4) is 0 Å². The van der Waals surface area contributed by atoms with Gasteiger partial charge in [-0.2, -0.15) is 13.2 Å². The van der Waals surface area contributed by atoms with E-state index in [0.29, 0.717) is 23.6 Å². The number of hydrogen-bond acceptors (Lipinski definition) is 6. The SMILES string of the molecule is Cc1cc(S[C@@H]2CCCN(CCO)C2)nnc1-c1ccc(C(F)(F)F)cc1O. The molecule has 2 heterocycles. The van der Waals surface area contributed by atoms with Crippen LogP contribution in [0.2, 0.25) is 0 Å². The molecular formula is C19H22F3N3O2S. The van der Waals surface area contributed by atoms with Gasteiger partial charge in [0.2, 0.25) is 0 Å². The highest BCUT2D eigenvalue weighted by Gasteiger charge is 2.31. The predicted octanol–water partition coefficient (Wildman–Crippen LogP) is 3.73. The number of nitrogens with zero attached hydrogens (tertiary/aromatic N) is 3. The van der Waals surface area contributed by atoms with Crippen LogP contribution in [-0.4, -0.2) is 56.8 Å². The number of aromatic nitrogens is 2. The highest BCUT2D eigenvalue weighted by atomic mass is 32.2. The van der Waals surface area contributed by atoms with Crippen LogP contribution in [0.4, 0.5) is 13.2 Å². The van der Waals surface area contributed by atoms with Gasteiger partial charge in [0, 0.05) is 23.9 Å². The normalized spacial score (nSPS) is 18.4. The van der Waals surface area contributed by atoms with Gasteiger partial charge >= 0.3 is 6.18 Å². The van der Waals surface area contributed by atoms with Crippen LogP contribution in [0.1, 0.15) is 24.0 Å². The van der Waals surface area contributed by atoms with Crippen molar-refractivity contribution in [2.24, 2.45) is 0 Å². The molecule has 2 aromatic rings. The van der Waals surface area contributed by atoms with Crippen LogP contribution in [-0.2, 0) is 6.18 Å². The van der Waals surface area contributed by atoms with Gasteiger partial charge in [0.05, 0.1) is 17.9 Å². The molecule has 1 atom stereocenters. The maximum absolute atomic E-state index is 12.8. The summed E-state index contributed by atoms with van der Waals surface area (Å²) in [6.07, 6.45) is -2.41. The number of halogens is 3. The maximum atomic E-state index is 12.8. The lowest BCUT2D eigenvalue weighted by molar-refractivity contribution is -0.137. The van der Waals surface area contributed by atoms with Crippen LogP contribution in [0.15, 0.2) is 29.3 Å². The molecule has 0 aliphatic carbocycles. The zero-order valence-corrected chi connectivity index (χ0v) is 16.2. The highest BCUT2D eigenvalue weighted by molar-refractivity contribution is 7.99. The third-order valence-electron chi connectivity index (χ3n) is 4.71. The molecule has 0 amide bonds. The molecule has 0 bridgehead atoms. The molecule has 0 unspecified atom stereocenters. The minimum absolute atomic E-state index is 0.140. The molecule has 1 aliphatic rings. The third-order valence-corrected chi connectivity index (χ3v) is 5.87. The minimum atomic E-state index is -4.51. The van der Waals surface area contributed by atoms with E-state index in [1.807, 2.05) is 6.07 Å². The number of aryl methyl sites for hydroxylation is 1. The van der Waals surface area contributed by atoms with E-state index < -0.39 is 17.5 Å². The van der Waals surface area contributed by atoms with Crippen molar-refractivity contribution in [1.82, 2.24) is 15.1 Å². The Morgan fingerprint density at radius 2 is 2.04 bits per heavy atom. The molecule has 2 N–H and O–H groups in total. The van der Waals surface area contributed by atoms with Crippen molar-refractivity contribution >= 4 is 11.8 Å². The topological polar surface area (TPSA) is 69.5 Å². The van der Waals surface area contributed by atoms with E-state index in [2.05, 4.69) is 15.1 Å². The molecule has 1 aromatic heterocycles. The van der Waals surface area contributed by atoms with Gasteiger partial charge in [-0.05, 0) is 56.1 Å². The van der Waals surface area contributed by atoms with E-state index in [4.69, 9.17) is 5.11 Å². The Morgan fingerprint density at radius 1 is 1.25 bits per heavy atom. The largest absolute Gasteiger partial charge is 0.507 e. The molecule has 28 heavy (non-hydrogen) atoms. The summed E-state index contributed by atoms with van der Waals surface area (Å²) in [6, 6.07) is 4.69. The van der Waals surface area contributed by atoms with Crippen molar-refractivity contribution in [3.05, 3.63) is 35.4 Å². The Morgan fingerprint density at radius 3 is 2.68 bits per heavy atom. The molecule has 5 nitrogen and oxygen atoms in total. The third kappa shape index (κ3) is 4.95. The van der Waals surface area contributed by atoms with Crippen LogP contribution in [0, 0.1) is 6.92 Å². The first-order chi connectivity index (χ1) is 13.3. The molecular weight excluding hydrogens is 391 g/mol. The van der Waals surface area contributed by atoms with Crippen molar-refractivity contribution < 1.29 is 23.4 Å². The van der Waals surface area contributed by atoms with E-state index in [0.717, 1.165) is 42.6 Å². The lowest BCUT2D eigenvalue weighted by atomic mass is 10.0. The van der Waals surface area contributed by atoms with Gasteiger partial charge in [0.25, 0.3) is 0 Å². The van der Waals surface area contributed by atoms with Crippen LogP contribution in [0.5, 0.6) is 5.75 Å². The van der Waals surface area contributed by atoms with E-state index in [1.54, 1.807) is 18.7 Å². The molecule has 152 valence electrons. The van der Waals surface area contributed by atoms with Crippen LogP contribution >= 0.6 is 11.8 Å². The summed E-state index contributed by atoms with van der Waals surface area (Å²) in [7, 11) is 0. The number of phenols is 1. The summed E-state index contributed by atoms with van der Waals surface area (Å²) >= 11 is 1.61. The van der Waals surface area contributed by atoms with Crippen molar-refractivity contribution in [2.75, 3.05) is 26.2 Å². The van der Waals surface area contributed by atoms with Crippen molar-refractivity contribution in [3.8, 4) is 17.0 Å². The Kier molecular flexibility index (Phi) is 6.47. The molecule has 9 heteroatoms. The lowest BCUT2D eigenvalue weighted by Gasteiger charge is -2.31. The average molecular weight is 413 g/mol. The number of thioether (sulfide) groups is 1. The zero-order chi connectivity index (χ0) is 20.3. The van der Waals surface area contributed by atoms with Gasteiger partial charge in [-0.25, -0.2) is 0 Å². The summed E-state index contributed by atoms with van der Waals surface area (Å²) < 4.78 is 38.3. The van der Waals surface area contributed by atoms with E-state index in [1.165, 1.54) is 6.07 Å². The fourth-order valence-corrected chi connectivity index (χ4v) is 4.56. The van der Waals surface area contributed by atoms with E-state index >= 15 is 0 Å². The Balaban J connectivity index is 1.76. The van der Waals surface area contributed by atoms with Crippen molar-refractivity contribution in [2.45, 2.75) is 36.2 Å². The number of alkyl halides is 3. The predicted molar refractivity (Wildman–Crippen MR) is 101 cm³/mol. The number of β-amino-alcohol motifs (C(OH)–C–C–N with tert-alkyl or cyclic N) is 1. The second-order valence-electron chi connectivity index (χ2n) is 6.85. The Bertz CT molecular complexity index is 831. The van der Waals surface area contributed by atoms with Gasteiger partial charge in [-0.15, -0.1) is 10.2 Å². The van der Waals surface area contributed by atoms with Gasteiger partial charge in [0.15, 0.2) is 0 Å². The zero-order valence-electron chi connectivity index (χ0n) is 15.4. The summed E-state index contributed by atoms with van der Waals surface area (Å²) in [4.78, 5) is 2.22. The number of aliphatic hydroxyl groups excluding tert-OH is 1. The molecule has 1 saturated heterocycles. The first-order valence-electron chi connectivity index (χ1n) is 9.02. The van der Waals surface area contributed by atoms with Crippen LogP contribution in [0.25, 0.3) is 11.3 Å². The smallest absolute Gasteiger partial charge is 0.416 e. The monoisotopic (exact) mass is 413 g/mol. The van der Waals surface area contributed by atoms with Gasteiger partial charge in [-0.3, -0.25) is 4.90 Å². The average Bonchev–Trinajstić information content (AvgIpc) is 2.62. The summed E-state index contributed by atoms with van der Waals surface area (Å²) in [5.74, 6) is -0.473. The molecule has 0 radical (unpaired) electrons. The number of phenolic OH excluding ortho intramolecular Hbond substituents is 1. The van der Waals surface area contributed by atoms with Gasteiger partial charge < -0.3 is 10.2 Å². The standard InChI is InChI=1S/C19H22F3N3O2S/c1-12-9-17(28-14-3-2-6-25(11-14)7-8-26)23-24-18(12)15-5-4-13(10-16(15)27)19(20,21)22/h4-5,9-10,14,26-27H,2-3,6-8,11H2,1H3/t14-/m1/s1. The number of aromatic hydroxyl groups is 1. The molecule has 1 aliphatic heterocycles.